The number of rotatable bonds is 65. The van der Waals surface area contributed by atoms with Crippen molar-refractivity contribution in [3.05, 3.63) is 72.9 Å². The lowest BCUT2D eigenvalue weighted by Gasteiger charge is -2.40. The average molecular weight is 1240 g/mol. The van der Waals surface area contributed by atoms with E-state index in [2.05, 4.69) is 66.9 Å². The SMILES string of the molecule is C/C=C/CC/C=C/CC/C=C/C(O)C(COC1OC(CO)C(O)C(O)C1O)NC(=O)CCCCCCCCCCCCCCCCCC/C=C\CCCCCCCCCCCCCCOC(=O)CCCCCCCCCCC/C=C\C/C=C\CCCCC. The monoisotopic (exact) mass is 1240 g/mol. The molecule has 7 unspecified atom stereocenters. The number of aliphatic hydroxyl groups excluding tert-OH is 5. The minimum atomic E-state index is -1.58. The number of unbranched alkanes of at least 4 members (excludes halogenated alkanes) is 42. The summed E-state index contributed by atoms with van der Waals surface area (Å²) in [6.45, 7) is 4.09. The van der Waals surface area contributed by atoms with Crippen molar-refractivity contribution in [1.29, 1.82) is 0 Å². The zero-order chi connectivity index (χ0) is 63.7. The van der Waals surface area contributed by atoms with E-state index in [-0.39, 0.29) is 18.5 Å². The number of hydrogen-bond donors (Lipinski definition) is 6. The zero-order valence-electron chi connectivity index (χ0n) is 56.9. The fourth-order valence-corrected chi connectivity index (χ4v) is 11.5. The molecular weight excluding hydrogens is 1100 g/mol. The molecule has 88 heavy (non-hydrogen) atoms. The molecule has 0 spiro atoms. The van der Waals surface area contributed by atoms with Gasteiger partial charge in [-0.3, -0.25) is 9.59 Å². The van der Waals surface area contributed by atoms with E-state index >= 15 is 0 Å². The Labute approximate surface area is 541 Å². The summed E-state index contributed by atoms with van der Waals surface area (Å²) in [6.07, 6.45) is 79.5. The average Bonchev–Trinajstić information content (AvgIpc) is 3.58. The van der Waals surface area contributed by atoms with Gasteiger partial charge < -0.3 is 45.1 Å². The fraction of sp³-hybridized carbons (Fsp3) is 0.818. The number of carbonyl (C=O) groups excluding carboxylic acids is 2. The fourth-order valence-electron chi connectivity index (χ4n) is 11.5. The molecule has 0 aromatic carbocycles. The molecule has 1 rings (SSSR count). The first-order valence-electron chi connectivity index (χ1n) is 37.2. The Morgan fingerprint density at radius 3 is 1.26 bits per heavy atom. The second-order valence-electron chi connectivity index (χ2n) is 25.6. The van der Waals surface area contributed by atoms with E-state index in [4.69, 9.17) is 14.2 Å². The third-order valence-corrected chi connectivity index (χ3v) is 17.3. The molecule has 0 aliphatic carbocycles. The summed E-state index contributed by atoms with van der Waals surface area (Å²) in [5, 5.41) is 54.2. The third-order valence-electron chi connectivity index (χ3n) is 17.3. The Hall–Kier alpha value is -2.90. The highest BCUT2D eigenvalue weighted by Crippen LogP contribution is 2.23. The van der Waals surface area contributed by atoms with E-state index in [0.717, 1.165) is 70.6 Å². The first-order chi connectivity index (χ1) is 43.2. The lowest BCUT2D eigenvalue weighted by atomic mass is 9.99. The Morgan fingerprint density at radius 1 is 0.443 bits per heavy atom. The number of carbonyl (C=O) groups is 2. The van der Waals surface area contributed by atoms with Gasteiger partial charge in [0.05, 0.1) is 32.0 Å². The van der Waals surface area contributed by atoms with Gasteiger partial charge in [0.25, 0.3) is 0 Å². The van der Waals surface area contributed by atoms with Crippen molar-refractivity contribution < 1.29 is 49.3 Å². The number of ether oxygens (including phenoxy) is 3. The van der Waals surface area contributed by atoms with Crippen LogP contribution in [0, 0.1) is 0 Å². The van der Waals surface area contributed by atoms with Crippen molar-refractivity contribution in [3.8, 4) is 0 Å². The Balaban J connectivity index is 1.88. The molecule has 0 saturated carbocycles. The Kier molecular flexibility index (Phi) is 61.9. The van der Waals surface area contributed by atoms with Crippen molar-refractivity contribution in [2.45, 2.75) is 384 Å². The van der Waals surface area contributed by atoms with Gasteiger partial charge in [0.1, 0.15) is 24.4 Å². The Morgan fingerprint density at radius 2 is 0.818 bits per heavy atom. The molecule has 1 saturated heterocycles. The molecule has 7 atom stereocenters. The molecule has 6 N–H and O–H groups in total. The van der Waals surface area contributed by atoms with Crippen molar-refractivity contribution >= 4 is 11.9 Å². The summed E-state index contributed by atoms with van der Waals surface area (Å²) in [5.74, 6) is -0.191. The van der Waals surface area contributed by atoms with Crippen LogP contribution in [-0.4, -0.2) is 100 Å². The second-order valence-corrected chi connectivity index (χ2v) is 25.6. The molecule has 512 valence electrons. The number of hydrogen-bond acceptors (Lipinski definition) is 10. The number of aliphatic hydroxyl groups is 5. The van der Waals surface area contributed by atoms with E-state index in [9.17, 15) is 35.1 Å². The molecule has 1 fully saturated rings. The van der Waals surface area contributed by atoms with Crippen LogP contribution in [0.15, 0.2) is 72.9 Å². The normalized spacial score (nSPS) is 18.2. The largest absolute Gasteiger partial charge is 0.466 e. The number of nitrogens with one attached hydrogen (secondary N) is 1. The van der Waals surface area contributed by atoms with Gasteiger partial charge in [0.15, 0.2) is 6.29 Å². The molecule has 1 aliphatic rings. The molecular formula is C77H139NO10. The highest BCUT2D eigenvalue weighted by Gasteiger charge is 2.44. The summed E-state index contributed by atoms with van der Waals surface area (Å²) in [4.78, 5) is 25.1. The van der Waals surface area contributed by atoms with Crippen LogP contribution in [0.1, 0.15) is 341 Å². The second kappa shape index (κ2) is 65.6. The minimum Gasteiger partial charge on any atom is -0.466 e. The first-order valence-corrected chi connectivity index (χ1v) is 37.2. The third kappa shape index (κ3) is 53.7. The van der Waals surface area contributed by atoms with Gasteiger partial charge in [-0.05, 0) is 110 Å². The highest BCUT2D eigenvalue weighted by molar-refractivity contribution is 5.76. The maximum atomic E-state index is 13.0. The Bertz CT molecular complexity index is 1690. The van der Waals surface area contributed by atoms with Gasteiger partial charge in [0.2, 0.25) is 5.91 Å². The predicted octanol–water partition coefficient (Wildman–Crippen LogP) is 19.5. The predicted molar refractivity (Wildman–Crippen MR) is 370 cm³/mol. The van der Waals surface area contributed by atoms with Crippen LogP contribution in [0.4, 0.5) is 0 Å². The van der Waals surface area contributed by atoms with Crippen molar-refractivity contribution in [2.75, 3.05) is 19.8 Å². The van der Waals surface area contributed by atoms with E-state index in [0.29, 0.717) is 19.4 Å². The topological polar surface area (TPSA) is 175 Å². The van der Waals surface area contributed by atoms with Gasteiger partial charge in [-0.1, -0.05) is 292 Å². The van der Waals surface area contributed by atoms with E-state index < -0.39 is 49.5 Å². The van der Waals surface area contributed by atoms with Crippen LogP contribution < -0.4 is 5.32 Å². The molecule has 1 aliphatic heterocycles. The van der Waals surface area contributed by atoms with Crippen molar-refractivity contribution in [1.82, 2.24) is 5.32 Å². The summed E-state index contributed by atoms with van der Waals surface area (Å²) < 4.78 is 16.7. The van der Waals surface area contributed by atoms with Crippen molar-refractivity contribution in [2.24, 2.45) is 0 Å². The number of allylic oxidation sites excluding steroid dienone is 11. The first kappa shape index (κ1) is 83.1. The quantitative estimate of drug-likeness (QED) is 0.0195. The number of esters is 1. The smallest absolute Gasteiger partial charge is 0.305 e. The molecule has 0 aromatic heterocycles. The zero-order valence-corrected chi connectivity index (χ0v) is 56.9. The van der Waals surface area contributed by atoms with Gasteiger partial charge in [0, 0.05) is 12.8 Å². The van der Waals surface area contributed by atoms with Gasteiger partial charge >= 0.3 is 5.97 Å². The van der Waals surface area contributed by atoms with Crippen LogP contribution >= 0.6 is 0 Å². The summed E-state index contributed by atoms with van der Waals surface area (Å²) in [7, 11) is 0. The molecule has 0 bridgehead atoms. The van der Waals surface area contributed by atoms with Crippen LogP contribution in [0.2, 0.25) is 0 Å². The minimum absolute atomic E-state index is 0.00614. The van der Waals surface area contributed by atoms with E-state index in [1.165, 1.54) is 244 Å². The van der Waals surface area contributed by atoms with Crippen molar-refractivity contribution in [3.63, 3.8) is 0 Å². The van der Waals surface area contributed by atoms with E-state index in [1.54, 1.807) is 6.08 Å². The van der Waals surface area contributed by atoms with Crippen LogP contribution in [0.25, 0.3) is 0 Å². The summed E-state index contributed by atoms with van der Waals surface area (Å²) in [5.41, 5.74) is 0. The van der Waals surface area contributed by atoms with Crippen LogP contribution in [-0.2, 0) is 23.8 Å². The molecule has 11 heteroatoms. The molecule has 1 heterocycles. The van der Waals surface area contributed by atoms with E-state index in [1.807, 2.05) is 19.1 Å². The maximum Gasteiger partial charge on any atom is 0.305 e. The summed E-state index contributed by atoms with van der Waals surface area (Å²) in [6, 6.07) is -0.833. The van der Waals surface area contributed by atoms with Gasteiger partial charge in [-0.2, -0.15) is 0 Å². The molecule has 0 radical (unpaired) electrons. The number of amides is 1. The highest BCUT2D eigenvalue weighted by atomic mass is 16.7. The van der Waals surface area contributed by atoms with Gasteiger partial charge in [-0.25, -0.2) is 0 Å². The molecule has 0 aromatic rings. The molecule has 11 nitrogen and oxygen atoms in total. The summed E-state index contributed by atoms with van der Waals surface area (Å²) >= 11 is 0. The van der Waals surface area contributed by atoms with Crippen LogP contribution in [0.5, 0.6) is 0 Å². The standard InChI is InChI=1S/C77H139NO10/c1-3-5-7-9-11-13-14-15-16-17-32-36-39-42-45-49-53-57-61-65-73(82)86-66-62-58-54-50-46-43-40-37-34-31-29-27-25-23-21-19-18-20-22-24-26-28-30-33-35-38-41-44-48-52-56-60-64-72(81)78-69(70(80)63-59-55-51-47-12-10-8-6-4-2)68-87-77-76(85)75(84)74(83)71(67-79)88-77/h4,6,11-13,15-16,21,23,47,59,63,69-71,74-77,79-80,83-85H,3,5,7-10,14,17-20,22,24-46,48-58,60-62,64-68H2,1-2H3,(H,78,81)/b6-4+,13-11-,16-15-,23-21-,47-12+,63-59+. The lowest BCUT2D eigenvalue weighted by molar-refractivity contribution is -0.302. The lowest BCUT2D eigenvalue weighted by Crippen LogP contribution is -2.60. The molecule has 1 amide bonds. The maximum absolute atomic E-state index is 13.0. The van der Waals surface area contributed by atoms with Crippen LogP contribution in [0.3, 0.4) is 0 Å². The van der Waals surface area contributed by atoms with Gasteiger partial charge in [-0.15, -0.1) is 0 Å².